The first-order valence-corrected chi connectivity index (χ1v) is 10.7. The van der Waals surface area contributed by atoms with Gasteiger partial charge in [0.1, 0.15) is 13.1 Å². The van der Waals surface area contributed by atoms with Crippen LogP contribution in [-0.4, -0.2) is 23.4 Å². The van der Waals surface area contributed by atoms with Crippen molar-refractivity contribution in [2.24, 2.45) is 5.92 Å². The normalized spacial score (nSPS) is 28.2. The Kier molecular flexibility index (Phi) is 4.81. The third-order valence-corrected chi connectivity index (χ3v) is 8.84. The van der Waals surface area contributed by atoms with E-state index in [0.29, 0.717) is 6.54 Å². The molecule has 0 saturated carbocycles. The zero-order chi connectivity index (χ0) is 18.1. The molecule has 1 aliphatic heterocycles. The largest absolute Gasteiger partial charge is 0.647 e. The number of benzene rings is 2. The molecule has 3 nitrogen and oxygen atoms in total. The number of rotatable bonds is 4. The molecule has 134 valence electrons. The van der Waals surface area contributed by atoms with Crippen molar-refractivity contribution in [2.75, 3.05) is 14.1 Å². The highest BCUT2D eigenvalue weighted by atomic mass is 31.2. The van der Waals surface area contributed by atoms with Gasteiger partial charge in [-0.25, -0.2) is 0 Å². The lowest BCUT2D eigenvalue weighted by Gasteiger charge is -2.41. The number of nitrogens with zero attached hydrogens (tertiary/aromatic N) is 2. The summed E-state index contributed by atoms with van der Waals surface area (Å²) in [5.41, 5.74) is 2.41. The summed E-state index contributed by atoms with van der Waals surface area (Å²) in [6, 6.07) is 20.9. The van der Waals surface area contributed by atoms with Gasteiger partial charge in [0.05, 0.1) is 18.5 Å². The van der Waals surface area contributed by atoms with Gasteiger partial charge in [-0.05, 0) is 23.6 Å². The lowest BCUT2D eigenvalue weighted by atomic mass is 9.90. The molecule has 26 heavy (non-hydrogen) atoms. The van der Waals surface area contributed by atoms with Gasteiger partial charge in [0.2, 0.25) is 0 Å². The van der Waals surface area contributed by atoms with E-state index in [1.807, 2.05) is 38.4 Å². The van der Waals surface area contributed by atoms with Gasteiger partial charge in [0.15, 0.2) is 0 Å². The lowest BCUT2D eigenvalue weighted by Crippen LogP contribution is -2.36. The van der Waals surface area contributed by atoms with Gasteiger partial charge in [-0.1, -0.05) is 72.8 Å². The first kappa shape index (κ1) is 17.6. The maximum atomic E-state index is 14.3. The minimum Gasteiger partial charge on any atom is -0.647 e. The Morgan fingerprint density at radius 3 is 2.42 bits per heavy atom. The van der Waals surface area contributed by atoms with Crippen molar-refractivity contribution in [2.45, 2.75) is 19.0 Å². The van der Waals surface area contributed by atoms with E-state index >= 15 is 0 Å². The van der Waals surface area contributed by atoms with Crippen LogP contribution in [0.1, 0.15) is 23.6 Å². The van der Waals surface area contributed by atoms with Crippen molar-refractivity contribution < 1.29 is 4.89 Å². The average Bonchev–Trinajstić information content (AvgIpc) is 2.92. The molecule has 0 N–H and O–H groups in total. The minimum absolute atomic E-state index is 0.114. The summed E-state index contributed by atoms with van der Waals surface area (Å²) in [6.45, 7) is 0.678. The summed E-state index contributed by atoms with van der Waals surface area (Å²) in [7, 11) is 1.22. The Morgan fingerprint density at radius 2 is 1.73 bits per heavy atom. The third kappa shape index (κ3) is 2.86. The Balaban J connectivity index is 1.72. The summed E-state index contributed by atoms with van der Waals surface area (Å²) < 4.78 is 4.18. The lowest BCUT2D eigenvalue weighted by molar-refractivity contribution is -0.190. The zero-order valence-electron chi connectivity index (χ0n) is 15.3. The number of hydrogen-bond donors (Lipinski definition) is 0. The fourth-order valence-corrected chi connectivity index (χ4v) is 7.43. The standard InChI is InChI=1S/C22H25N2OP/c1-23(17-18-11-5-3-6-12-18)26(25)21-16-10-9-15-20(21)22(24(26)2)19-13-7-4-8-14-19/h3-9,11-16,20,22H,10,17H2,1-2H3/t20-,22+,26?/m1/s1. The van der Waals surface area contributed by atoms with Crippen LogP contribution in [0.3, 0.4) is 0 Å². The highest BCUT2D eigenvalue weighted by Gasteiger charge is 2.57. The molecule has 2 aromatic rings. The third-order valence-electron chi connectivity index (χ3n) is 5.51. The van der Waals surface area contributed by atoms with Gasteiger partial charge in [0, 0.05) is 14.1 Å². The molecule has 1 unspecified atom stereocenters. The van der Waals surface area contributed by atoms with E-state index in [0.717, 1.165) is 11.7 Å². The smallest absolute Gasteiger partial charge is 0.137 e. The van der Waals surface area contributed by atoms with Crippen LogP contribution in [0.5, 0.6) is 0 Å². The SMILES string of the molecule is CN(Cc1ccccc1)[P+]1([O-])C2=CCC=C[C@H]2[C@H](c2ccccc2)N1C. The van der Waals surface area contributed by atoms with Crippen molar-refractivity contribution in [1.82, 2.24) is 9.34 Å². The molecule has 1 heterocycles. The van der Waals surface area contributed by atoms with Crippen molar-refractivity contribution in [3.05, 3.63) is 95.3 Å². The molecule has 1 aliphatic carbocycles. The predicted octanol–water partition coefficient (Wildman–Crippen LogP) is 4.39. The van der Waals surface area contributed by atoms with Crippen molar-refractivity contribution in [3.63, 3.8) is 0 Å². The zero-order valence-corrected chi connectivity index (χ0v) is 16.2. The van der Waals surface area contributed by atoms with Gasteiger partial charge < -0.3 is 4.89 Å². The first-order valence-electron chi connectivity index (χ1n) is 9.13. The summed E-state index contributed by atoms with van der Waals surface area (Å²) in [6.07, 6.45) is 7.50. The molecule has 2 aliphatic rings. The average molecular weight is 364 g/mol. The topological polar surface area (TPSA) is 29.5 Å². The van der Waals surface area contributed by atoms with E-state index in [4.69, 9.17) is 0 Å². The van der Waals surface area contributed by atoms with Crippen LogP contribution in [0, 0.1) is 5.92 Å². The number of allylic oxidation sites excluding steroid dienone is 2. The Hall–Kier alpha value is -1.77. The molecule has 1 saturated heterocycles. The van der Waals surface area contributed by atoms with Crippen LogP contribution >= 0.6 is 7.79 Å². The van der Waals surface area contributed by atoms with Gasteiger partial charge in [-0.3, -0.25) is 0 Å². The van der Waals surface area contributed by atoms with Gasteiger partial charge in [-0.15, -0.1) is 0 Å². The van der Waals surface area contributed by atoms with Crippen LogP contribution in [0.25, 0.3) is 0 Å². The molecule has 0 amide bonds. The van der Waals surface area contributed by atoms with E-state index in [1.165, 1.54) is 11.1 Å². The monoisotopic (exact) mass is 364 g/mol. The van der Waals surface area contributed by atoms with Crippen molar-refractivity contribution >= 4 is 7.79 Å². The second kappa shape index (κ2) is 7.09. The van der Waals surface area contributed by atoms with E-state index in [9.17, 15) is 4.89 Å². The maximum Gasteiger partial charge on any atom is 0.137 e. The van der Waals surface area contributed by atoms with E-state index in [1.54, 1.807) is 0 Å². The number of fused-ring (bicyclic) bond motifs is 1. The fraction of sp³-hybridized carbons (Fsp3) is 0.273. The molecule has 4 heteroatoms. The second-order valence-electron chi connectivity index (χ2n) is 7.09. The highest BCUT2D eigenvalue weighted by molar-refractivity contribution is 7.68. The quantitative estimate of drug-likeness (QED) is 0.595. The van der Waals surface area contributed by atoms with Crippen LogP contribution in [0.2, 0.25) is 0 Å². The summed E-state index contributed by atoms with van der Waals surface area (Å²) in [5.74, 6) is 0.181. The molecule has 1 fully saturated rings. The molecule has 0 aromatic heterocycles. The van der Waals surface area contributed by atoms with E-state index in [-0.39, 0.29) is 12.0 Å². The molecule has 0 radical (unpaired) electrons. The molecular weight excluding hydrogens is 339 g/mol. The van der Waals surface area contributed by atoms with Crippen LogP contribution in [0.15, 0.2) is 84.2 Å². The van der Waals surface area contributed by atoms with Gasteiger partial charge >= 0.3 is 0 Å². The first-order chi connectivity index (χ1) is 12.6. The van der Waals surface area contributed by atoms with Gasteiger partial charge in [-0.2, -0.15) is 9.34 Å². The van der Waals surface area contributed by atoms with Crippen molar-refractivity contribution in [3.8, 4) is 0 Å². The van der Waals surface area contributed by atoms with E-state index < -0.39 is 7.79 Å². The maximum absolute atomic E-state index is 14.3. The Bertz CT molecular complexity index is 821. The molecule has 0 bridgehead atoms. The Morgan fingerprint density at radius 1 is 1.08 bits per heavy atom. The molecule has 4 rings (SSSR count). The summed E-state index contributed by atoms with van der Waals surface area (Å²) >= 11 is 0. The fourth-order valence-electron chi connectivity index (χ4n) is 4.27. The predicted molar refractivity (Wildman–Crippen MR) is 107 cm³/mol. The summed E-state index contributed by atoms with van der Waals surface area (Å²) in [5, 5.41) is 1.09. The minimum atomic E-state index is -2.79. The molecular formula is C22H25N2OP. The van der Waals surface area contributed by atoms with E-state index in [2.05, 4.69) is 64.0 Å². The van der Waals surface area contributed by atoms with Crippen LogP contribution in [0.4, 0.5) is 0 Å². The molecule has 3 atom stereocenters. The summed E-state index contributed by atoms with van der Waals surface area (Å²) in [4.78, 5) is 14.3. The van der Waals surface area contributed by atoms with Crippen molar-refractivity contribution in [1.29, 1.82) is 0 Å². The van der Waals surface area contributed by atoms with Crippen LogP contribution < -0.4 is 4.89 Å². The molecule has 2 aromatic carbocycles. The van der Waals surface area contributed by atoms with Gasteiger partial charge in [0.25, 0.3) is 0 Å². The Labute approximate surface area is 156 Å². The van der Waals surface area contributed by atoms with Crippen LogP contribution in [-0.2, 0) is 6.54 Å². The highest BCUT2D eigenvalue weighted by Crippen LogP contribution is 2.75. The number of hydrogen-bond acceptors (Lipinski definition) is 3. The second-order valence-corrected chi connectivity index (χ2v) is 10.0. The molecule has 0 spiro atoms.